The van der Waals surface area contributed by atoms with E-state index in [2.05, 4.69) is 40.2 Å². The van der Waals surface area contributed by atoms with Crippen LogP contribution in [-0.2, 0) is 27.5 Å². The lowest BCUT2D eigenvalue weighted by Gasteiger charge is -2.12. The summed E-state index contributed by atoms with van der Waals surface area (Å²) in [4.78, 5) is 36.0. The van der Waals surface area contributed by atoms with Crippen molar-refractivity contribution in [2.75, 3.05) is 0 Å². The number of piperidine rings is 1. The Morgan fingerprint density at radius 2 is 1.72 bits per heavy atom. The molecule has 6 heteroatoms. The van der Waals surface area contributed by atoms with E-state index in [9.17, 15) is 19.5 Å². The molecule has 0 aliphatic carbocycles. The molecule has 1 saturated heterocycles. The number of benzene rings is 3. The number of Topliss-reactive ketones (excluding diaryl/α,β-unsaturated/α-hetero) is 1. The third-order valence-electron chi connectivity index (χ3n) is 5.74. The van der Waals surface area contributed by atoms with Crippen LogP contribution < -0.4 is 5.32 Å². The Hall–Kier alpha value is -4.03. The lowest BCUT2D eigenvalue weighted by molar-refractivity contribution is -0.134. The van der Waals surface area contributed by atoms with E-state index < -0.39 is 17.6 Å². The van der Waals surface area contributed by atoms with Gasteiger partial charge in [-0.15, -0.1) is 0 Å². The number of rotatable bonds is 4. The van der Waals surface area contributed by atoms with Crippen molar-refractivity contribution in [3.05, 3.63) is 89.1 Å². The first-order chi connectivity index (χ1) is 15.5. The van der Waals surface area contributed by atoms with E-state index in [0.29, 0.717) is 12.1 Å². The highest BCUT2D eigenvalue weighted by Gasteiger charge is 2.28. The summed E-state index contributed by atoms with van der Waals surface area (Å²) >= 11 is 0. The fourth-order valence-corrected chi connectivity index (χ4v) is 4.16. The summed E-state index contributed by atoms with van der Waals surface area (Å²) in [7, 11) is 0. The molecule has 0 radical (unpaired) electrons. The number of carbonyl (C=O) groups is 3. The van der Waals surface area contributed by atoms with Gasteiger partial charge < -0.3 is 9.67 Å². The second-order valence-corrected chi connectivity index (χ2v) is 7.94. The van der Waals surface area contributed by atoms with E-state index >= 15 is 0 Å². The van der Waals surface area contributed by atoms with Crippen LogP contribution in [0.3, 0.4) is 0 Å². The first-order valence-electron chi connectivity index (χ1n) is 10.3. The molecule has 0 atom stereocenters. The van der Waals surface area contributed by atoms with E-state index in [1.54, 1.807) is 0 Å². The van der Waals surface area contributed by atoms with Crippen molar-refractivity contribution < 1.29 is 19.5 Å². The lowest BCUT2D eigenvalue weighted by atomic mass is 10.00. The van der Waals surface area contributed by atoms with E-state index in [1.165, 1.54) is 11.5 Å². The molecule has 4 aromatic rings. The molecule has 1 aliphatic heterocycles. The topological polar surface area (TPSA) is 88.4 Å². The van der Waals surface area contributed by atoms with Gasteiger partial charge in [0, 0.05) is 29.2 Å². The number of aliphatic hydroxyl groups excluding tert-OH is 1. The SMILES string of the molecule is O=C1CC(=O)/C(=C/c2cn(Cc3ccc4ccccc4c3)c3ccc(CO)cc23)C(=O)N1. The van der Waals surface area contributed by atoms with E-state index in [0.717, 1.165) is 27.4 Å². The monoisotopic (exact) mass is 424 g/mol. The Morgan fingerprint density at radius 3 is 2.50 bits per heavy atom. The fourth-order valence-electron chi connectivity index (χ4n) is 4.16. The number of aliphatic hydroxyl groups is 1. The van der Waals surface area contributed by atoms with Crippen molar-refractivity contribution >= 4 is 45.3 Å². The highest BCUT2D eigenvalue weighted by atomic mass is 16.3. The molecule has 0 saturated carbocycles. The van der Waals surface area contributed by atoms with Gasteiger partial charge >= 0.3 is 0 Å². The summed E-state index contributed by atoms with van der Waals surface area (Å²) in [6, 6.07) is 20.1. The zero-order valence-corrected chi connectivity index (χ0v) is 17.2. The number of aromatic nitrogens is 1. The normalized spacial score (nSPS) is 15.7. The molecule has 0 spiro atoms. The molecular weight excluding hydrogens is 404 g/mol. The summed E-state index contributed by atoms with van der Waals surface area (Å²) < 4.78 is 2.06. The van der Waals surface area contributed by atoms with E-state index in [-0.39, 0.29) is 18.6 Å². The van der Waals surface area contributed by atoms with Crippen molar-refractivity contribution in [2.45, 2.75) is 19.6 Å². The maximum Gasteiger partial charge on any atom is 0.261 e. The molecule has 6 nitrogen and oxygen atoms in total. The van der Waals surface area contributed by atoms with Gasteiger partial charge in [-0.25, -0.2) is 0 Å². The van der Waals surface area contributed by atoms with Gasteiger partial charge in [0.25, 0.3) is 5.91 Å². The first kappa shape index (κ1) is 19.9. The summed E-state index contributed by atoms with van der Waals surface area (Å²) in [5.41, 5.74) is 3.41. The molecule has 1 aromatic heterocycles. The molecule has 0 bridgehead atoms. The molecule has 1 aliphatic rings. The molecule has 0 unspecified atom stereocenters. The van der Waals surface area contributed by atoms with Gasteiger partial charge in [0.1, 0.15) is 0 Å². The zero-order valence-electron chi connectivity index (χ0n) is 17.2. The maximum atomic E-state index is 12.3. The molecule has 5 rings (SSSR count). The molecule has 158 valence electrons. The zero-order chi connectivity index (χ0) is 22.2. The average Bonchev–Trinajstić information content (AvgIpc) is 3.12. The van der Waals surface area contributed by atoms with Gasteiger partial charge in [-0.2, -0.15) is 0 Å². The van der Waals surface area contributed by atoms with E-state index in [1.807, 2.05) is 36.5 Å². The lowest BCUT2D eigenvalue weighted by Crippen LogP contribution is -2.40. The van der Waals surface area contributed by atoms with Crippen LogP contribution in [0.1, 0.15) is 23.1 Å². The number of ketones is 1. The minimum absolute atomic E-state index is 0.0382. The summed E-state index contributed by atoms with van der Waals surface area (Å²) in [6.45, 7) is 0.483. The van der Waals surface area contributed by atoms with E-state index in [4.69, 9.17) is 0 Å². The van der Waals surface area contributed by atoms with Crippen LogP contribution in [-0.4, -0.2) is 27.3 Å². The highest BCUT2D eigenvalue weighted by Crippen LogP contribution is 2.27. The first-order valence-corrected chi connectivity index (χ1v) is 10.3. The van der Waals surface area contributed by atoms with Gasteiger partial charge in [-0.1, -0.05) is 42.5 Å². The molecular formula is C26H20N2O4. The Kier molecular flexibility index (Phi) is 4.92. The third-order valence-corrected chi connectivity index (χ3v) is 5.74. The number of nitrogens with zero attached hydrogens (tertiary/aromatic N) is 1. The number of fused-ring (bicyclic) bond motifs is 2. The predicted molar refractivity (Wildman–Crippen MR) is 122 cm³/mol. The second kappa shape index (κ2) is 7.90. The molecule has 1 fully saturated rings. The number of hydrogen-bond acceptors (Lipinski definition) is 4. The van der Waals surface area contributed by atoms with Crippen molar-refractivity contribution in [1.82, 2.24) is 9.88 Å². The molecule has 2 heterocycles. The quantitative estimate of drug-likeness (QED) is 0.228. The van der Waals surface area contributed by atoms with Crippen molar-refractivity contribution in [1.29, 1.82) is 0 Å². The molecule has 32 heavy (non-hydrogen) atoms. The number of imide groups is 1. The van der Waals surface area contributed by atoms with Crippen molar-refractivity contribution in [3.63, 3.8) is 0 Å². The van der Waals surface area contributed by atoms with Crippen LogP contribution in [0.25, 0.3) is 27.8 Å². The third kappa shape index (κ3) is 3.61. The van der Waals surface area contributed by atoms with Crippen molar-refractivity contribution in [3.8, 4) is 0 Å². The van der Waals surface area contributed by atoms with Crippen LogP contribution >= 0.6 is 0 Å². The van der Waals surface area contributed by atoms with Crippen molar-refractivity contribution in [2.24, 2.45) is 0 Å². The number of amides is 2. The van der Waals surface area contributed by atoms with Crippen LogP contribution in [0, 0.1) is 0 Å². The Labute approximate surface area is 183 Å². The van der Waals surface area contributed by atoms with Gasteiger partial charge in [-0.3, -0.25) is 19.7 Å². The molecule has 2 amide bonds. The van der Waals surface area contributed by atoms with Crippen LogP contribution in [0.5, 0.6) is 0 Å². The standard InChI is InChI=1S/C26H20N2O4/c29-15-17-6-8-23-21(10-17)20(11-22-24(30)12-25(31)27-26(22)32)14-28(23)13-16-5-7-18-3-1-2-4-19(18)9-16/h1-11,14,29H,12-13,15H2,(H,27,31,32)/b22-11-. The summed E-state index contributed by atoms with van der Waals surface area (Å²) in [5.74, 6) is -1.76. The Bertz CT molecular complexity index is 1420. The van der Waals surface area contributed by atoms with Crippen LogP contribution in [0.15, 0.2) is 72.4 Å². The van der Waals surface area contributed by atoms with Gasteiger partial charge in [0.2, 0.25) is 5.91 Å². The molecule has 3 aromatic carbocycles. The second-order valence-electron chi connectivity index (χ2n) is 7.94. The predicted octanol–water partition coefficient (Wildman–Crippen LogP) is 3.33. The molecule has 2 N–H and O–H groups in total. The minimum atomic E-state index is -0.681. The van der Waals surface area contributed by atoms with Crippen LogP contribution in [0.4, 0.5) is 0 Å². The van der Waals surface area contributed by atoms with Gasteiger partial charge in [0.15, 0.2) is 5.78 Å². The Morgan fingerprint density at radius 1 is 0.938 bits per heavy atom. The maximum absolute atomic E-state index is 12.3. The van der Waals surface area contributed by atoms with Gasteiger partial charge in [-0.05, 0) is 46.2 Å². The van der Waals surface area contributed by atoms with Gasteiger partial charge in [0.05, 0.1) is 18.6 Å². The fraction of sp³-hybridized carbons (Fsp3) is 0.115. The summed E-state index contributed by atoms with van der Waals surface area (Å²) in [5, 5.41) is 14.9. The number of hydrogen-bond donors (Lipinski definition) is 2. The summed E-state index contributed by atoms with van der Waals surface area (Å²) in [6.07, 6.45) is 3.09. The smallest absolute Gasteiger partial charge is 0.261 e. The van der Waals surface area contributed by atoms with Crippen LogP contribution in [0.2, 0.25) is 0 Å². The Balaban J connectivity index is 1.60. The largest absolute Gasteiger partial charge is 0.392 e. The number of carbonyl (C=O) groups excluding carboxylic acids is 3. The highest BCUT2D eigenvalue weighted by molar-refractivity contribution is 6.32. The number of nitrogens with one attached hydrogen (secondary N) is 1. The average molecular weight is 424 g/mol. The minimum Gasteiger partial charge on any atom is -0.392 e.